The molecule has 2 nitrogen and oxygen atoms in total. The molecule has 0 fully saturated rings. The highest BCUT2D eigenvalue weighted by Gasteiger charge is 2.08. The van der Waals surface area contributed by atoms with Crippen LogP contribution in [-0.4, -0.2) is 9.97 Å². The molecule has 2 rings (SSSR count). The molecule has 0 aliphatic carbocycles. The third-order valence-corrected chi connectivity index (χ3v) is 2.37. The first-order chi connectivity index (χ1) is 6.58. The van der Waals surface area contributed by atoms with Crippen molar-refractivity contribution in [2.75, 3.05) is 0 Å². The maximum atomic E-state index is 13.4. The van der Waals surface area contributed by atoms with Crippen LogP contribution in [0.2, 0.25) is 5.02 Å². The minimum absolute atomic E-state index is 0.256. The largest absolute Gasteiger partial charge is 0.230 e. The number of rotatable bonds is 0. The molecule has 0 atom stereocenters. The second-order valence-electron chi connectivity index (χ2n) is 2.88. The second-order valence-corrected chi connectivity index (χ2v) is 3.74. The fourth-order valence-corrected chi connectivity index (χ4v) is 1.77. The Hall–Kier alpha value is -0.870. The van der Waals surface area contributed by atoms with Gasteiger partial charge in [0.15, 0.2) is 5.82 Å². The minimum atomic E-state index is -0.451. The molecule has 72 valence electrons. The summed E-state index contributed by atoms with van der Waals surface area (Å²) in [6.07, 6.45) is 0. The van der Waals surface area contributed by atoms with Gasteiger partial charge in [0.25, 0.3) is 0 Å². The van der Waals surface area contributed by atoms with Crippen molar-refractivity contribution in [3.05, 3.63) is 28.8 Å². The minimum Gasteiger partial charge on any atom is -0.230 e. The number of halogens is 2. The van der Waals surface area contributed by atoms with Crippen LogP contribution in [0.3, 0.4) is 0 Å². The first kappa shape index (κ1) is 9.68. The van der Waals surface area contributed by atoms with Crippen LogP contribution in [-0.2, 0) is 0 Å². The summed E-state index contributed by atoms with van der Waals surface area (Å²) in [7, 11) is 0. The molecule has 14 heavy (non-hydrogen) atoms. The van der Waals surface area contributed by atoms with Gasteiger partial charge in [-0.3, -0.25) is 0 Å². The van der Waals surface area contributed by atoms with E-state index in [-0.39, 0.29) is 5.52 Å². The van der Waals surface area contributed by atoms with Gasteiger partial charge in [0.05, 0.1) is 0 Å². The number of nitrogens with zero attached hydrogens (tertiary/aromatic N) is 2. The molecule has 1 aromatic carbocycles. The summed E-state index contributed by atoms with van der Waals surface area (Å²) in [5.74, 6) is 0.0389. The molecule has 0 aliphatic rings. The van der Waals surface area contributed by atoms with Gasteiger partial charge in [-0.2, -0.15) is 0 Å². The maximum Gasteiger partial charge on any atom is 0.151 e. The van der Waals surface area contributed by atoms with E-state index in [4.69, 9.17) is 11.6 Å². The van der Waals surface area contributed by atoms with Crippen LogP contribution in [0.15, 0.2) is 17.2 Å². The quantitative estimate of drug-likeness (QED) is 0.554. The molecule has 1 heterocycles. The predicted octanol–water partition coefficient (Wildman–Crippen LogP) is 3.02. The summed E-state index contributed by atoms with van der Waals surface area (Å²) in [5, 5.41) is 1.29. The summed E-state index contributed by atoms with van der Waals surface area (Å²) in [6, 6.07) is 2.82. The Labute approximate surface area is 90.5 Å². The van der Waals surface area contributed by atoms with Crippen molar-refractivity contribution in [1.82, 2.24) is 9.97 Å². The topological polar surface area (TPSA) is 25.8 Å². The Morgan fingerprint density at radius 1 is 1.36 bits per heavy atom. The third-order valence-electron chi connectivity index (χ3n) is 1.81. The first-order valence-corrected chi connectivity index (χ1v) is 4.73. The molecular weight excluding hydrogens is 223 g/mol. The Morgan fingerprint density at radius 3 is 2.79 bits per heavy atom. The summed E-state index contributed by atoms with van der Waals surface area (Å²) < 4.78 is 13.4. The van der Waals surface area contributed by atoms with E-state index in [0.717, 1.165) is 0 Å². The number of benzene rings is 1. The summed E-state index contributed by atoms with van der Waals surface area (Å²) >= 11 is 9.84. The average molecular weight is 229 g/mol. The summed E-state index contributed by atoms with van der Waals surface area (Å²) in [5.41, 5.74) is 0.256. The first-order valence-electron chi connectivity index (χ1n) is 3.90. The van der Waals surface area contributed by atoms with Crippen molar-refractivity contribution in [3.8, 4) is 0 Å². The van der Waals surface area contributed by atoms with E-state index in [1.54, 1.807) is 13.0 Å². The number of hydrogen-bond donors (Lipinski definition) is 1. The standard InChI is InChI=1S/C9H6ClFN2S/c1-4-12-8-6(9(14)13-4)2-5(10)3-7(8)11/h2-3H,1H3,(H,12,13,14). The van der Waals surface area contributed by atoms with Gasteiger partial charge < -0.3 is 0 Å². The highest BCUT2D eigenvalue weighted by atomic mass is 35.5. The van der Waals surface area contributed by atoms with Crippen molar-refractivity contribution >= 4 is 35.1 Å². The molecule has 0 amide bonds. The van der Waals surface area contributed by atoms with Gasteiger partial charge in [0, 0.05) is 10.4 Å². The molecule has 0 spiro atoms. The molecule has 0 radical (unpaired) electrons. The Kier molecular flexibility index (Phi) is 2.33. The van der Waals surface area contributed by atoms with Gasteiger partial charge in [-0.05, 0) is 19.1 Å². The number of thiol groups is 1. The maximum absolute atomic E-state index is 13.4. The molecule has 0 bridgehead atoms. The van der Waals surface area contributed by atoms with E-state index in [2.05, 4.69) is 22.6 Å². The monoisotopic (exact) mass is 228 g/mol. The zero-order chi connectivity index (χ0) is 10.3. The van der Waals surface area contributed by atoms with E-state index >= 15 is 0 Å². The lowest BCUT2D eigenvalue weighted by Crippen LogP contribution is -1.93. The average Bonchev–Trinajstić information content (AvgIpc) is 2.07. The lowest BCUT2D eigenvalue weighted by atomic mass is 10.2. The van der Waals surface area contributed by atoms with Crippen molar-refractivity contribution in [1.29, 1.82) is 0 Å². The van der Waals surface area contributed by atoms with Crippen LogP contribution in [0.25, 0.3) is 10.9 Å². The molecule has 1 aromatic heterocycles. The van der Waals surface area contributed by atoms with Crippen LogP contribution >= 0.6 is 24.2 Å². The second kappa shape index (κ2) is 3.37. The van der Waals surface area contributed by atoms with Gasteiger partial charge in [0.2, 0.25) is 0 Å². The van der Waals surface area contributed by atoms with Gasteiger partial charge >= 0.3 is 0 Å². The van der Waals surface area contributed by atoms with Gasteiger partial charge in [-0.1, -0.05) is 11.6 Å². The fraction of sp³-hybridized carbons (Fsp3) is 0.111. The molecule has 0 saturated carbocycles. The number of fused-ring (bicyclic) bond motifs is 1. The van der Waals surface area contributed by atoms with E-state index in [1.807, 2.05) is 0 Å². The number of hydrogen-bond acceptors (Lipinski definition) is 3. The highest BCUT2D eigenvalue weighted by molar-refractivity contribution is 7.80. The van der Waals surface area contributed by atoms with Crippen LogP contribution in [0.1, 0.15) is 5.82 Å². The van der Waals surface area contributed by atoms with E-state index < -0.39 is 5.82 Å². The Balaban J connectivity index is 2.94. The van der Waals surface area contributed by atoms with Crippen LogP contribution in [0, 0.1) is 12.7 Å². The highest BCUT2D eigenvalue weighted by Crippen LogP contribution is 2.25. The van der Waals surface area contributed by atoms with Crippen molar-refractivity contribution < 1.29 is 4.39 Å². The lowest BCUT2D eigenvalue weighted by molar-refractivity contribution is 0.635. The number of aromatic nitrogens is 2. The van der Waals surface area contributed by atoms with Gasteiger partial charge in [0.1, 0.15) is 16.4 Å². The lowest BCUT2D eigenvalue weighted by Gasteiger charge is -2.03. The predicted molar refractivity (Wildman–Crippen MR) is 56.5 cm³/mol. The number of aryl methyl sites for hydroxylation is 1. The van der Waals surface area contributed by atoms with E-state index in [9.17, 15) is 4.39 Å². The smallest absolute Gasteiger partial charge is 0.151 e. The van der Waals surface area contributed by atoms with E-state index in [0.29, 0.717) is 21.3 Å². The van der Waals surface area contributed by atoms with Crippen molar-refractivity contribution in [3.63, 3.8) is 0 Å². The molecule has 0 saturated heterocycles. The fourth-order valence-electron chi connectivity index (χ4n) is 1.25. The van der Waals surface area contributed by atoms with Crippen LogP contribution in [0.4, 0.5) is 4.39 Å². The summed E-state index contributed by atoms with van der Waals surface area (Å²) in [6.45, 7) is 1.69. The summed E-state index contributed by atoms with van der Waals surface area (Å²) in [4.78, 5) is 8.00. The van der Waals surface area contributed by atoms with E-state index in [1.165, 1.54) is 6.07 Å². The third kappa shape index (κ3) is 1.55. The van der Waals surface area contributed by atoms with Gasteiger partial charge in [-0.15, -0.1) is 12.6 Å². The van der Waals surface area contributed by atoms with Crippen LogP contribution in [0.5, 0.6) is 0 Å². The van der Waals surface area contributed by atoms with Crippen LogP contribution < -0.4 is 0 Å². The molecule has 0 aliphatic heterocycles. The molecule has 0 N–H and O–H groups in total. The Morgan fingerprint density at radius 2 is 2.07 bits per heavy atom. The normalized spacial score (nSPS) is 10.9. The SMILES string of the molecule is Cc1nc(S)c2cc(Cl)cc(F)c2n1. The van der Waals surface area contributed by atoms with Crippen molar-refractivity contribution in [2.24, 2.45) is 0 Å². The Bertz CT molecular complexity index is 468. The van der Waals surface area contributed by atoms with Crippen molar-refractivity contribution in [2.45, 2.75) is 11.9 Å². The molecule has 5 heteroatoms. The molecule has 0 unspecified atom stereocenters. The van der Waals surface area contributed by atoms with Gasteiger partial charge in [-0.25, -0.2) is 14.4 Å². The molecule has 2 aromatic rings. The zero-order valence-electron chi connectivity index (χ0n) is 7.25. The zero-order valence-corrected chi connectivity index (χ0v) is 8.90. The molecular formula is C9H6ClFN2S.